The van der Waals surface area contributed by atoms with Crippen LogP contribution in [0.2, 0.25) is 0 Å². The van der Waals surface area contributed by atoms with Gasteiger partial charge in [0.2, 0.25) is 0 Å². The largest absolute Gasteiger partial charge is 0.389 e. The van der Waals surface area contributed by atoms with Crippen LogP contribution in [0.4, 0.5) is 10.5 Å². The van der Waals surface area contributed by atoms with E-state index in [2.05, 4.69) is 10.6 Å². The van der Waals surface area contributed by atoms with Gasteiger partial charge in [-0.15, -0.1) is 0 Å². The van der Waals surface area contributed by atoms with Crippen molar-refractivity contribution in [2.24, 2.45) is 0 Å². The number of nitrogens with one attached hydrogen (secondary N) is 2. The number of benzene rings is 1. The van der Waals surface area contributed by atoms with Crippen LogP contribution in [0.15, 0.2) is 24.3 Å². The molecule has 0 saturated carbocycles. The summed E-state index contributed by atoms with van der Waals surface area (Å²) in [6.45, 7) is 2.92. The van der Waals surface area contributed by atoms with Crippen molar-refractivity contribution >= 4 is 11.7 Å². The SMILES string of the molecule is CC(O)c1ccccc1NC(=O)NC1CCOC1. The fourth-order valence-electron chi connectivity index (χ4n) is 1.97. The molecule has 0 radical (unpaired) electrons. The number of anilines is 1. The van der Waals surface area contributed by atoms with Crippen molar-refractivity contribution in [3.8, 4) is 0 Å². The van der Waals surface area contributed by atoms with Crippen molar-refractivity contribution in [2.45, 2.75) is 25.5 Å². The minimum atomic E-state index is -0.615. The fraction of sp³-hybridized carbons (Fsp3) is 0.462. The summed E-state index contributed by atoms with van der Waals surface area (Å²) < 4.78 is 5.19. The van der Waals surface area contributed by atoms with E-state index in [0.29, 0.717) is 24.5 Å². The zero-order valence-corrected chi connectivity index (χ0v) is 10.3. The summed E-state index contributed by atoms with van der Waals surface area (Å²) in [6.07, 6.45) is 0.224. The molecule has 2 amide bonds. The Hall–Kier alpha value is -1.59. The molecule has 2 unspecified atom stereocenters. The molecule has 18 heavy (non-hydrogen) atoms. The minimum Gasteiger partial charge on any atom is -0.389 e. The van der Waals surface area contributed by atoms with Gasteiger partial charge >= 0.3 is 6.03 Å². The number of rotatable bonds is 3. The summed E-state index contributed by atoms with van der Waals surface area (Å²) in [6, 6.07) is 7.02. The zero-order valence-electron chi connectivity index (χ0n) is 10.3. The molecule has 1 fully saturated rings. The van der Waals surface area contributed by atoms with Crippen LogP contribution in [-0.2, 0) is 4.74 Å². The molecular weight excluding hydrogens is 232 g/mol. The van der Waals surface area contributed by atoms with E-state index in [1.54, 1.807) is 19.1 Å². The highest BCUT2D eigenvalue weighted by Crippen LogP contribution is 2.22. The van der Waals surface area contributed by atoms with Crippen LogP contribution >= 0.6 is 0 Å². The fourth-order valence-corrected chi connectivity index (χ4v) is 1.97. The number of aliphatic hydroxyl groups excluding tert-OH is 1. The Labute approximate surface area is 106 Å². The standard InChI is InChI=1S/C13H18N2O3/c1-9(16)11-4-2-3-5-12(11)15-13(17)14-10-6-7-18-8-10/h2-5,9-10,16H,6-8H2,1H3,(H2,14,15,17). The Morgan fingerprint density at radius 2 is 2.28 bits per heavy atom. The number of carbonyl (C=O) groups is 1. The lowest BCUT2D eigenvalue weighted by atomic mass is 10.1. The van der Waals surface area contributed by atoms with E-state index in [9.17, 15) is 9.90 Å². The molecule has 2 atom stereocenters. The van der Waals surface area contributed by atoms with Crippen LogP contribution in [0.1, 0.15) is 25.0 Å². The predicted octanol–water partition coefficient (Wildman–Crippen LogP) is 1.65. The van der Waals surface area contributed by atoms with Crippen molar-refractivity contribution in [1.82, 2.24) is 5.32 Å². The number of hydrogen-bond acceptors (Lipinski definition) is 3. The van der Waals surface area contributed by atoms with Crippen LogP contribution in [-0.4, -0.2) is 30.4 Å². The van der Waals surface area contributed by atoms with Crippen molar-refractivity contribution in [2.75, 3.05) is 18.5 Å². The number of amides is 2. The molecular formula is C13H18N2O3. The van der Waals surface area contributed by atoms with Gasteiger partial charge in [-0.2, -0.15) is 0 Å². The second-order valence-electron chi connectivity index (χ2n) is 4.42. The molecule has 1 aliphatic rings. The average Bonchev–Trinajstić information content (AvgIpc) is 2.82. The number of para-hydroxylation sites is 1. The lowest BCUT2D eigenvalue weighted by molar-refractivity contribution is 0.189. The lowest BCUT2D eigenvalue weighted by Crippen LogP contribution is -2.38. The summed E-state index contributed by atoms with van der Waals surface area (Å²) in [4.78, 5) is 11.8. The summed E-state index contributed by atoms with van der Waals surface area (Å²) in [7, 11) is 0. The van der Waals surface area contributed by atoms with Gasteiger partial charge in [0.05, 0.1) is 18.8 Å². The van der Waals surface area contributed by atoms with Crippen LogP contribution in [0.5, 0.6) is 0 Å². The number of ether oxygens (including phenoxy) is 1. The van der Waals surface area contributed by atoms with Crippen LogP contribution < -0.4 is 10.6 Å². The van der Waals surface area contributed by atoms with E-state index in [-0.39, 0.29) is 12.1 Å². The monoisotopic (exact) mass is 250 g/mol. The van der Waals surface area contributed by atoms with Crippen LogP contribution in [0, 0.1) is 0 Å². The third kappa shape index (κ3) is 3.21. The maximum Gasteiger partial charge on any atom is 0.319 e. The van der Waals surface area contributed by atoms with Crippen LogP contribution in [0.3, 0.4) is 0 Å². The summed E-state index contributed by atoms with van der Waals surface area (Å²) >= 11 is 0. The van der Waals surface area contributed by atoms with Gasteiger partial charge in [0.25, 0.3) is 0 Å². The number of urea groups is 1. The number of aliphatic hydroxyl groups is 1. The molecule has 1 aromatic carbocycles. The third-order valence-corrected chi connectivity index (χ3v) is 2.92. The first-order valence-corrected chi connectivity index (χ1v) is 6.09. The topological polar surface area (TPSA) is 70.6 Å². The zero-order chi connectivity index (χ0) is 13.0. The molecule has 3 N–H and O–H groups in total. The van der Waals surface area contributed by atoms with E-state index in [0.717, 1.165) is 6.42 Å². The maximum absolute atomic E-state index is 11.8. The van der Waals surface area contributed by atoms with Crippen molar-refractivity contribution in [3.05, 3.63) is 29.8 Å². The molecule has 0 aliphatic carbocycles. The van der Waals surface area contributed by atoms with E-state index in [4.69, 9.17) is 4.74 Å². The first-order valence-electron chi connectivity index (χ1n) is 6.09. The average molecular weight is 250 g/mol. The molecule has 5 nitrogen and oxygen atoms in total. The van der Waals surface area contributed by atoms with E-state index in [1.807, 2.05) is 12.1 Å². The van der Waals surface area contributed by atoms with Gasteiger partial charge in [-0.1, -0.05) is 18.2 Å². The van der Waals surface area contributed by atoms with Gasteiger partial charge in [-0.05, 0) is 19.4 Å². The molecule has 1 heterocycles. The molecule has 0 spiro atoms. The molecule has 1 saturated heterocycles. The van der Waals surface area contributed by atoms with E-state index < -0.39 is 6.10 Å². The van der Waals surface area contributed by atoms with E-state index in [1.165, 1.54) is 0 Å². The van der Waals surface area contributed by atoms with Gasteiger partial charge in [-0.25, -0.2) is 4.79 Å². The third-order valence-electron chi connectivity index (χ3n) is 2.92. The molecule has 0 aromatic heterocycles. The Bertz CT molecular complexity index is 414. The lowest BCUT2D eigenvalue weighted by Gasteiger charge is -2.15. The molecule has 2 rings (SSSR count). The minimum absolute atomic E-state index is 0.0729. The molecule has 5 heteroatoms. The van der Waals surface area contributed by atoms with Gasteiger partial charge in [0.15, 0.2) is 0 Å². The van der Waals surface area contributed by atoms with Crippen molar-refractivity contribution < 1.29 is 14.6 Å². The highest BCUT2D eigenvalue weighted by atomic mass is 16.5. The Morgan fingerprint density at radius 1 is 1.50 bits per heavy atom. The molecule has 0 bridgehead atoms. The maximum atomic E-state index is 11.8. The summed E-state index contributed by atoms with van der Waals surface area (Å²) in [5.74, 6) is 0. The van der Waals surface area contributed by atoms with Crippen molar-refractivity contribution in [1.29, 1.82) is 0 Å². The predicted molar refractivity (Wildman–Crippen MR) is 68.5 cm³/mol. The number of hydrogen-bond donors (Lipinski definition) is 3. The summed E-state index contributed by atoms with van der Waals surface area (Å²) in [5, 5.41) is 15.2. The van der Waals surface area contributed by atoms with Gasteiger partial charge < -0.3 is 20.5 Å². The van der Waals surface area contributed by atoms with Crippen LogP contribution in [0.25, 0.3) is 0 Å². The quantitative estimate of drug-likeness (QED) is 0.764. The highest BCUT2D eigenvalue weighted by molar-refractivity contribution is 5.90. The highest BCUT2D eigenvalue weighted by Gasteiger charge is 2.18. The van der Waals surface area contributed by atoms with Gasteiger partial charge in [0, 0.05) is 17.9 Å². The summed E-state index contributed by atoms with van der Waals surface area (Å²) in [5.41, 5.74) is 1.33. The molecule has 1 aromatic rings. The number of carbonyl (C=O) groups excluding carboxylic acids is 1. The van der Waals surface area contributed by atoms with Gasteiger partial charge in [-0.3, -0.25) is 0 Å². The first kappa shape index (κ1) is 12.9. The second-order valence-corrected chi connectivity index (χ2v) is 4.42. The Kier molecular flexibility index (Phi) is 4.17. The molecule has 98 valence electrons. The Balaban J connectivity index is 1.97. The van der Waals surface area contributed by atoms with Gasteiger partial charge in [0.1, 0.15) is 0 Å². The smallest absolute Gasteiger partial charge is 0.319 e. The Morgan fingerprint density at radius 3 is 2.94 bits per heavy atom. The van der Waals surface area contributed by atoms with E-state index >= 15 is 0 Å². The second kappa shape index (κ2) is 5.84. The first-order chi connectivity index (χ1) is 8.66. The van der Waals surface area contributed by atoms with Crippen molar-refractivity contribution in [3.63, 3.8) is 0 Å². The molecule has 1 aliphatic heterocycles. The normalized spacial score (nSPS) is 20.4.